The fraction of sp³-hybridized carbons (Fsp3) is 0.565. The first kappa shape index (κ1) is 21.8. The van der Waals surface area contributed by atoms with Crippen LogP contribution in [0.25, 0.3) is 0 Å². The van der Waals surface area contributed by atoms with Crippen molar-refractivity contribution in [3.63, 3.8) is 0 Å². The van der Waals surface area contributed by atoms with Crippen LogP contribution in [0.4, 0.5) is 0 Å². The van der Waals surface area contributed by atoms with Crippen LogP contribution in [-0.2, 0) is 20.7 Å². The van der Waals surface area contributed by atoms with E-state index in [4.69, 9.17) is 16.3 Å². The van der Waals surface area contributed by atoms with Gasteiger partial charge in [0, 0.05) is 17.1 Å². The zero-order chi connectivity index (χ0) is 21.0. The Labute approximate surface area is 178 Å². The average Bonchev–Trinajstić information content (AvgIpc) is 2.98. The summed E-state index contributed by atoms with van der Waals surface area (Å²) < 4.78 is 5.03. The van der Waals surface area contributed by atoms with Crippen LogP contribution in [0, 0.1) is 5.92 Å². The van der Waals surface area contributed by atoms with Crippen LogP contribution >= 0.6 is 11.6 Å². The molecule has 1 aromatic carbocycles. The quantitative estimate of drug-likeness (QED) is 0.646. The number of halogens is 1. The van der Waals surface area contributed by atoms with Crippen molar-refractivity contribution < 1.29 is 14.3 Å². The molecule has 1 aliphatic heterocycles. The van der Waals surface area contributed by atoms with E-state index in [1.165, 1.54) is 7.11 Å². The number of methoxy groups -OCH3 is 1. The molecule has 0 saturated heterocycles. The number of carbonyl (C=O) groups excluding carboxylic acids is 2. The minimum absolute atomic E-state index is 0.110. The standard InChI is InChI=1S/C23H31ClN2O3/c1-15(2)14-20(23(28)29-3)25-21-18-6-4-5-7-19(18)22(27)26(21)13-12-16-8-10-17(24)11-9-16/h8-11,15,20-21,25H,4-7,12-14H2,1-3H3/t20-,21+/m1/s1. The van der Waals surface area contributed by atoms with E-state index in [9.17, 15) is 9.59 Å². The predicted octanol–water partition coefficient (Wildman–Crippen LogP) is 4.10. The zero-order valence-electron chi connectivity index (χ0n) is 17.5. The van der Waals surface area contributed by atoms with Crippen molar-refractivity contribution in [1.82, 2.24) is 10.2 Å². The number of nitrogens with zero attached hydrogens (tertiary/aromatic N) is 1. The molecular weight excluding hydrogens is 388 g/mol. The van der Waals surface area contributed by atoms with Gasteiger partial charge in [-0.25, -0.2) is 0 Å². The summed E-state index contributed by atoms with van der Waals surface area (Å²) in [5.41, 5.74) is 3.24. The smallest absolute Gasteiger partial charge is 0.322 e. The topological polar surface area (TPSA) is 58.6 Å². The van der Waals surface area contributed by atoms with Crippen molar-refractivity contribution in [1.29, 1.82) is 0 Å². The van der Waals surface area contributed by atoms with Crippen LogP contribution in [0.2, 0.25) is 5.02 Å². The van der Waals surface area contributed by atoms with Crippen LogP contribution in [0.3, 0.4) is 0 Å². The summed E-state index contributed by atoms with van der Waals surface area (Å²) in [7, 11) is 1.42. The molecule has 29 heavy (non-hydrogen) atoms. The molecule has 6 heteroatoms. The van der Waals surface area contributed by atoms with Gasteiger partial charge < -0.3 is 9.64 Å². The average molecular weight is 419 g/mol. The van der Waals surface area contributed by atoms with Gasteiger partial charge in [-0.15, -0.1) is 0 Å². The summed E-state index contributed by atoms with van der Waals surface area (Å²) in [6.45, 7) is 4.77. The van der Waals surface area contributed by atoms with Gasteiger partial charge >= 0.3 is 5.97 Å². The lowest BCUT2D eigenvalue weighted by molar-refractivity contribution is -0.144. The molecule has 5 nitrogen and oxygen atoms in total. The summed E-state index contributed by atoms with van der Waals surface area (Å²) in [5, 5.41) is 4.18. The van der Waals surface area contributed by atoms with Crippen LogP contribution in [0.1, 0.15) is 51.5 Å². The van der Waals surface area contributed by atoms with E-state index in [-0.39, 0.29) is 18.0 Å². The van der Waals surface area contributed by atoms with Gasteiger partial charge in [0.2, 0.25) is 0 Å². The Bertz CT molecular complexity index is 773. The summed E-state index contributed by atoms with van der Waals surface area (Å²) >= 11 is 5.99. The molecule has 1 aliphatic carbocycles. The number of amides is 1. The monoisotopic (exact) mass is 418 g/mol. The lowest BCUT2D eigenvalue weighted by atomic mass is 9.92. The maximum Gasteiger partial charge on any atom is 0.322 e. The van der Waals surface area contributed by atoms with E-state index in [0.29, 0.717) is 23.9 Å². The van der Waals surface area contributed by atoms with Crippen molar-refractivity contribution in [3.8, 4) is 0 Å². The number of hydrogen-bond acceptors (Lipinski definition) is 4. The molecule has 3 rings (SSSR count). The molecule has 1 N–H and O–H groups in total. The molecular formula is C23H31ClN2O3. The molecule has 0 aromatic heterocycles. The first-order chi connectivity index (χ1) is 13.9. The van der Waals surface area contributed by atoms with Crippen LogP contribution in [0.5, 0.6) is 0 Å². The highest BCUT2D eigenvalue weighted by Crippen LogP contribution is 2.36. The Kier molecular flexibility index (Phi) is 7.36. The lowest BCUT2D eigenvalue weighted by Crippen LogP contribution is -2.53. The highest BCUT2D eigenvalue weighted by atomic mass is 35.5. The largest absolute Gasteiger partial charge is 0.468 e. The Hall–Kier alpha value is -1.85. The maximum atomic E-state index is 13.2. The molecule has 0 spiro atoms. The normalized spacial score (nSPS) is 20.2. The van der Waals surface area contributed by atoms with E-state index >= 15 is 0 Å². The first-order valence-corrected chi connectivity index (χ1v) is 10.9. The Morgan fingerprint density at radius 2 is 1.93 bits per heavy atom. The van der Waals surface area contributed by atoms with Crippen LogP contribution in [0.15, 0.2) is 35.4 Å². The lowest BCUT2D eigenvalue weighted by Gasteiger charge is -2.32. The first-order valence-electron chi connectivity index (χ1n) is 10.5. The van der Waals surface area contributed by atoms with Gasteiger partial charge in [-0.1, -0.05) is 37.6 Å². The second-order valence-corrected chi connectivity index (χ2v) is 8.80. The fourth-order valence-corrected chi connectivity index (χ4v) is 4.44. The minimum atomic E-state index is -0.426. The number of carbonyl (C=O) groups is 2. The van der Waals surface area contributed by atoms with Gasteiger partial charge in [0.25, 0.3) is 5.91 Å². The third-order valence-electron chi connectivity index (χ3n) is 5.78. The summed E-state index contributed by atoms with van der Waals surface area (Å²) in [4.78, 5) is 27.4. The van der Waals surface area contributed by atoms with Crippen molar-refractivity contribution in [2.75, 3.05) is 13.7 Å². The molecule has 2 atom stereocenters. The summed E-state index contributed by atoms with van der Waals surface area (Å²) in [5.74, 6) is 0.180. The number of hydrogen-bond donors (Lipinski definition) is 1. The number of rotatable bonds is 8. The summed E-state index contributed by atoms with van der Waals surface area (Å²) in [6, 6.07) is 7.31. The van der Waals surface area contributed by atoms with E-state index in [1.807, 2.05) is 29.2 Å². The Morgan fingerprint density at radius 3 is 2.59 bits per heavy atom. The third kappa shape index (κ3) is 5.20. The summed E-state index contributed by atoms with van der Waals surface area (Å²) in [6.07, 6.45) is 5.06. The second-order valence-electron chi connectivity index (χ2n) is 8.36. The van der Waals surface area contributed by atoms with E-state index < -0.39 is 6.04 Å². The van der Waals surface area contributed by atoms with Crippen LogP contribution < -0.4 is 5.32 Å². The molecule has 2 aliphatic rings. The molecule has 0 saturated carbocycles. The minimum Gasteiger partial charge on any atom is -0.468 e. The molecule has 0 radical (unpaired) electrons. The fourth-order valence-electron chi connectivity index (χ4n) is 4.31. The van der Waals surface area contributed by atoms with Crippen molar-refractivity contribution in [3.05, 3.63) is 46.0 Å². The molecule has 0 unspecified atom stereocenters. The Balaban J connectivity index is 1.80. The predicted molar refractivity (Wildman–Crippen MR) is 115 cm³/mol. The van der Waals surface area contributed by atoms with E-state index in [0.717, 1.165) is 48.8 Å². The highest BCUT2D eigenvalue weighted by Gasteiger charge is 2.41. The van der Waals surface area contributed by atoms with E-state index in [2.05, 4.69) is 19.2 Å². The van der Waals surface area contributed by atoms with Gasteiger partial charge in [0.05, 0.1) is 7.11 Å². The SMILES string of the molecule is COC(=O)[C@@H](CC(C)C)N[C@@H]1C2=C(CCCC2)C(=O)N1CCc1ccc(Cl)cc1. The number of benzene rings is 1. The van der Waals surface area contributed by atoms with Crippen molar-refractivity contribution in [2.24, 2.45) is 5.92 Å². The van der Waals surface area contributed by atoms with Crippen molar-refractivity contribution in [2.45, 2.75) is 64.6 Å². The molecule has 0 fully saturated rings. The molecule has 1 heterocycles. The number of ether oxygens (including phenoxy) is 1. The van der Waals surface area contributed by atoms with Gasteiger partial charge in [0.1, 0.15) is 12.2 Å². The molecule has 0 bridgehead atoms. The van der Waals surface area contributed by atoms with Gasteiger partial charge in [-0.2, -0.15) is 0 Å². The van der Waals surface area contributed by atoms with E-state index in [1.54, 1.807) is 0 Å². The molecule has 158 valence electrons. The third-order valence-corrected chi connectivity index (χ3v) is 6.03. The van der Waals surface area contributed by atoms with Gasteiger partial charge in [0.15, 0.2) is 0 Å². The molecule has 1 aromatic rings. The maximum absolute atomic E-state index is 13.2. The Morgan fingerprint density at radius 1 is 1.24 bits per heavy atom. The van der Waals surface area contributed by atoms with Crippen LogP contribution in [-0.4, -0.2) is 42.6 Å². The molecule has 1 amide bonds. The zero-order valence-corrected chi connectivity index (χ0v) is 18.3. The number of nitrogens with one attached hydrogen (secondary N) is 1. The number of esters is 1. The van der Waals surface area contributed by atoms with Gasteiger partial charge in [-0.3, -0.25) is 14.9 Å². The van der Waals surface area contributed by atoms with Crippen molar-refractivity contribution >= 4 is 23.5 Å². The highest BCUT2D eigenvalue weighted by molar-refractivity contribution is 6.30. The van der Waals surface area contributed by atoms with Gasteiger partial charge in [-0.05, 0) is 67.7 Å². The second kappa shape index (κ2) is 9.77.